The summed E-state index contributed by atoms with van der Waals surface area (Å²) in [4.78, 5) is 11.0. The summed E-state index contributed by atoms with van der Waals surface area (Å²) in [5, 5.41) is 2.69. The van der Waals surface area contributed by atoms with E-state index in [9.17, 15) is 4.79 Å². The van der Waals surface area contributed by atoms with Gasteiger partial charge in [-0.1, -0.05) is 15.9 Å². The highest BCUT2D eigenvalue weighted by Gasteiger charge is 1.99. The van der Waals surface area contributed by atoms with Crippen molar-refractivity contribution in [1.29, 1.82) is 0 Å². The summed E-state index contributed by atoms with van der Waals surface area (Å²) < 4.78 is 5.66. The van der Waals surface area contributed by atoms with E-state index in [1.54, 1.807) is 0 Å². The number of halogens is 1. The number of carbonyl (C=O) groups is 1. The van der Waals surface area contributed by atoms with Crippen molar-refractivity contribution in [2.75, 3.05) is 19.0 Å². The minimum atomic E-state index is -0.148. The van der Waals surface area contributed by atoms with Gasteiger partial charge in [0.15, 0.2) is 0 Å². The molecule has 1 rings (SSSR count). The summed E-state index contributed by atoms with van der Waals surface area (Å²) in [7, 11) is 1.49. The number of ether oxygens (including phenoxy) is 1. The zero-order valence-electron chi connectivity index (χ0n) is 7.21. The molecule has 1 aromatic carbocycles. The third-order valence-electron chi connectivity index (χ3n) is 1.40. The number of hydrogen-bond acceptors (Lipinski definition) is 2. The SMILES string of the molecule is COCC(=O)Nc1ccc(Br)cc1. The van der Waals surface area contributed by atoms with E-state index < -0.39 is 0 Å². The molecular formula is C9H10BrNO2. The van der Waals surface area contributed by atoms with Crippen LogP contribution < -0.4 is 5.32 Å². The molecule has 4 heteroatoms. The zero-order valence-corrected chi connectivity index (χ0v) is 8.80. The topological polar surface area (TPSA) is 38.3 Å². The van der Waals surface area contributed by atoms with Crippen molar-refractivity contribution < 1.29 is 9.53 Å². The standard InChI is InChI=1S/C9H10BrNO2/c1-13-6-9(12)11-8-4-2-7(10)3-5-8/h2-5H,6H2,1H3,(H,11,12). The van der Waals surface area contributed by atoms with Gasteiger partial charge in [-0.15, -0.1) is 0 Å². The van der Waals surface area contributed by atoms with Crippen LogP contribution in [-0.2, 0) is 9.53 Å². The van der Waals surface area contributed by atoms with E-state index in [0.29, 0.717) is 0 Å². The Balaban J connectivity index is 2.54. The highest BCUT2D eigenvalue weighted by atomic mass is 79.9. The van der Waals surface area contributed by atoms with E-state index >= 15 is 0 Å². The van der Waals surface area contributed by atoms with Gasteiger partial charge in [0.25, 0.3) is 0 Å². The molecule has 0 fully saturated rings. The fraction of sp³-hybridized carbons (Fsp3) is 0.222. The van der Waals surface area contributed by atoms with Crippen LogP contribution >= 0.6 is 15.9 Å². The Hall–Kier alpha value is -0.870. The van der Waals surface area contributed by atoms with Gasteiger partial charge in [0.05, 0.1) is 0 Å². The lowest BCUT2D eigenvalue weighted by Gasteiger charge is -2.03. The molecule has 0 aliphatic rings. The molecular weight excluding hydrogens is 234 g/mol. The molecule has 0 saturated carbocycles. The van der Waals surface area contributed by atoms with E-state index in [2.05, 4.69) is 26.0 Å². The molecule has 70 valence electrons. The van der Waals surface area contributed by atoms with Crippen molar-refractivity contribution in [1.82, 2.24) is 0 Å². The van der Waals surface area contributed by atoms with Crippen LogP contribution in [0.4, 0.5) is 5.69 Å². The molecule has 0 bridgehead atoms. The van der Waals surface area contributed by atoms with Crippen molar-refractivity contribution in [2.24, 2.45) is 0 Å². The summed E-state index contributed by atoms with van der Waals surface area (Å²) >= 11 is 3.31. The number of hydrogen-bond donors (Lipinski definition) is 1. The summed E-state index contributed by atoms with van der Waals surface area (Å²) in [6.45, 7) is 0.0794. The molecule has 0 aromatic heterocycles. The molecule has 3 nitrogen and oxygen atoms in total. The van der Waals surface area contributed by atoms with Gasteiger partial charge >= 0.3 is 0 Å². The first-order valence-electron chi connectivity index (χ1n) is 3.76. The van der Waals surface area contributed by atoms with Gasteiger partial charge in [0.1, 0.15) is 6.61 Å². The summed E-state index contributed by atoms with van der Waals surface area (Å²) in [6, 6.07) is 7.36. The molecule has 13 heavy (non-hydrogen) atoms. The monoisotopic (exact) mass is 243 g/mol. The van der Waals surface area contributed by atoms with Gasteiger partial charge in [-0.2, -0.15) is 0 Å². The first-order valence-corrected chi connectivity index (χ1v) is 4.56. The lowest BCUT2D eigenvalue weighted by atomic mass is 10.3. The molecule has 0 radical (unpaired) electrons. The van der Waals surface area contributed by atoms with Crippen molar-refractivity contribution in [2.45, 2.75) is 0 Å². The van der Waals surface area contributed by atoms with Crippen LogP contribution in [0.15, 0.2) is 28.7 Å². The highest BCUT2D eigenvalue weighted by Crippen LogP contribution is 2.13. The summed E-state index contributed by atoms with van der Waals surface area (Å²) in [5.74, 6) is -0.148. The lowest BCUT2D eigenvalue weighted by molar-refractivity contribution is -0.119. The van der Waals surface area contributed by atoms with Crippen LogP contribution in [0.5, 0.6) is 0 Å². The molecule has 0 unspecified atom stereocenters. The summed E-state index contributed by atoms with van der Waals surface area (Å²) in [5.41, 5.74) is 0.769. The maximum atomic E-state index is 11.0. The molecule has 0 aliphatic heterocycles. The lowest BCUT2D eigenvalue weighted by Crippen LogP contribution is -2.16. The minimum Gasteiger partial charge on any atom is -0.375 e. The first-order chi connectivity index (χ1) is 6.22. The third-order valence-corrected chi connectivity index (χ3v) is 1.93. The van der Waals surface area contributed by atoms with Crippen LogP contribution in [-0.4, -0.2) is 19.6 Å². The van der Waals surface area contributed by atoms with Gasteiger partial charge in [0.2, 0.25) is 5.91 Å². The van der Waals surface area contributed by atoms with Crippen molar-refractivity contribution >= 4 is 27.5 Å². The quantitative estimate of drug-likeness (QED) is 0.883. The van der Waals surface area contributed by atoms with Crippen LogP contribution in [0, 0.1) is 0 Å². The first kappa shape index (κ1) is 10.2. The van der Waals surface area contributed by atoms with Crippen molar-refractivity contribution in [3.8, 4) is 0 Å². The number of methoxy groups -OCH3 is 1. The number of benzene rings is 1. The van der Waals surface area contributed by atoms with Crippen LogP contribution in [0.3, 0.4) is 0 Å². The fourth-order valence-corrected chi connectivity index (χ4v) is 1.13. The van der Waals surface area contributed by atoms with E-state index in [1.807, 2.05) is 24.3 Å². The van der Waals surface area contributed by atoms with Gasteiger partial charge in [-0.05, 0) is 24.3 Å². The van der Waals surface area contributed by atoms with Gasteiger partial charge in [-0.25, -0.2) is 0 Å². The fourth-order valence-electron chi connectivity index (χ4n) is 0.861. The van der Waals surface area contributed by atoms with Crippen LogP contribution in [0.1, 0.15) is 0 Å². The Bertz CT molecular complexity index is 284. The second kappa shape index (κ2) is 4.99. The minimum absolute atomic E-state index is 0.0794. The predicted octanol–water partition coefficient (Wildman–Crippen LogP) is 2.03. The maximum Gasteiger partial charge on any atom is 0.250 e. The average molecular weight is 244 g/mol. The molecule has 0 atom stereocenters. The van der Waals surface area contributed by atoms with Gasteiger partial charge < -0.3 is 10.1 Å². The number of nitrogens with one attached hydrogen (secondary N) is 1. The Morgan fingerprint density at radius 1 is 1.46 bits per heavy atom. The molecule has 0 aliphatic carbocycles. The Kier molecular flexibility index (Phi) is 3.92. The van der Waals surface area contributed by atoms with Gasteiger partial charge in [0, 0.05) is 17.3 Å². The number of amides is 1. The average Bonchev–Trinajstić information content (AvgIpc) is 2.09. The molecule has 0 saturated heterocycles. The van der Waals surface area contributed by atoms with E-state index in [0.717, 1.165) is 10.2 Å². The Labute approximate surface area is 85.2 Å². The van der Waals surface area contributed by atoms with Gasteiger partial charge in [-0.3, -0.25) is 4.79 Å². The van der Waals surface area contributed by atoms with Crippen LogP contribution in [0.2, 0.25) is 0 Å². The second-order valence-corrected chi connectivity index (χ2v) is 3.40. The molecule has 1 aromatic rings. The number of rotatable bonds is 3. The molecule has 0 heterocycles. The van der Waals surface area contributed by atoms with Crippen LogP contribution in [0.25, 0.3) is 0 Å². The third kappa shape index (κ3) is 3.57. The Morgan fingerprint density at radius 3 is 2.62 bits per heavy atom. The molecule has 0 spiro atoms. The zero-order chi connectivity index (χ0) is 9.68. The van der Waals surface area contributed by atoms with Crippen molar-refractivity contribution in [3.05, 3.63) is 28.7 Å². The van der Waals surface area contributed by atoms with E-state index in [-0.39, 0.29) is 12.5 Å². The largest absolute Gasteiger partial charge is 0.375 e. The second-order valence-electron chi connectivity index (χ2n) is 2.49. The molecule has 1 amide bonds. The highest BCUT2D eigenvalue weighted by molar-refractivity contribution is 9.10. The normalized spacial score (nSPS) is 9.69. The van der Waals surface area contributed by atoms with Crippen molar-refractivity contribution in [3.63, 3.8) is 0 Å². The maximum absolute atomic E-state index is 11.0. The predicted molar refractivity (Wildman–Crippen MR) is 54.6 cm³/mol. The summed E-state index contributed by atoms with van der Waals surface area (Å²) in [6.07, 6.45) is 0. The number of anilines is 1. The van der Waals surface area contributed by atoms with E-state index in [4.69, 9.17) is 0 Å². The Morgan fingerprint density at radius 2 is 2.08 bits per heavy atom. The molecule has 1 N–H and O–H groups in total. The van der Waals surface area contributed by atoms with E-state index in [1.165, 1.54) is 7.11 Å². The number of carbonyl (C=O) groups excluding carboxylic acids is 1. The smallest absolute Gasteiger partial charge is 0.250 e.